The third kappa shape index (κ3) is 4.05. The van der Waals surface area contributed by atoms with Gasteiger partial charge in [0.2, 0.25) is 0 Å². The number of hydrogen-bond acceptors (Lipinski definition) is 4. The molecule has 4 nitrogen and oxygen atoms in total. The number of piperidine rings is 1. The molecule has 0 aromatic carbocycles. The predicted octanol–water partition coefficient (Wildman–Crippen LogP) is 3.28. The topological polar surface area (TPSA) is 41.1 Å². The molecule has 1 saturated heterocycles. The number of rotatable bonds is 4. The van der Waals surface area contributed by atoms with Crippen molar-refractivity contribution in [3.63, 3.8) is 0 Å². The summed E-state index contributed by atoms with van der Waals surface area (Å²) in [6.07, 6.45) is 14.6. The van der Waals surface area contributed by atoms with Crippen molar-refractivity contribution in [1.82, 2.24) is 14.9 Å². The van der Waals surface area contributed by atoms with Crippen LogP contribution in [0.2, 0.25) is 5.15 Å². The summed E-state index contributed by atoms with van der Waals surface area (Å²) in [6, 6.07) is 0.440. The van der Waals surface area contributed by atoms with Gasteiger partial charge in [-0.25, -0.2) is 9.97 Å². The molecule has 1 aromatic rings. The van der Waals surface area contributed by atoms with Gasteiger partial charge in [0, 0.05) is 38.1 Å². The number of anilines is 1. The molecular formula is C16H21ClN4. The van der Waals surface area contributed by atoms with Gasteiger partial charge in [-0.3, -0.25) is 4.90 Å². The average Bonchev–Trinajstić information content (AvgIpc) is 2.52. The lowest BCUT2D eigenvalue weighted by Gasteiger charge is -2.33. The van der Waals surface area contributed by atoms with Crippen molar-refractivity contribution in [3.8, 4) is 0 Å². The van der Waals surface area contributed by atoms with Crippen LogP contribution in [0.3, 0.4) is 0 Å². The van der Waals surface area contributed by atoms with E-state index >= 15 is 0 Å². The monoisotopic (exact) mass is 304 g/mol. The molecule has 21 heavy (non-hydrogen) atoms. The maximum absolute atomic E-state index is 6.04. The molecule has 1 fully saturated rings. The Balaban J connectivity index is 1.48. The van der Waals surface area contributed by atoms with E-state index in [1.54, 1.807) is 18.0 Å². The van der Waals surface area contributed by atoms with Crippen LogP contribution in [-0.4, -0.2) is 40.5 Å². The van der Waals surface area contributed by atoms with Gasteiger partial charge in [-0.2, -0.15) is 0 Å². The van der Waals surface area contributed by atoms with Gasteiger partial charge in [0.15, 0.2) is 11.0 Å². The van der Waals surface area contributed by atoms with Crippen molar-refractivity contribution in [2.45, 2.75) is 31.7 Å². The molecule has 2 heterocycles. The van der Waals surface area contributed by atoms with Crippen molar-refractivity contribution >= 4 is 17.4 Å². The fraction of sp³-hybridized carbons (Fsp3) is 0.500. The molecule has 1 aromatic heterocycles. The maximum Gasteiger partial charge on any atom is 0.171 e. The molecule has 0 saturated carbocycles. The largest absolute Gasteiger partial charge is 0.365 e. The lowest BCUT2D eigenvalue weighted by Crippen LogP contribution is -2.40. The zero-order chi connectivity index (χ0) is 14.5. The fourth-order valence-electron chi connectivity index (χ4n) is 2.92. The van der Waals surface area contributed by atoms with E-state index in [-0.39, 0.29) is 0 Å². The number of nitrogens with one attached hydrogen (secondary N) is 1. The summed E-state index contributed by atoms with van der Waals surface area (Å²) < 4.78 is 0. The Labute approximate surface area is 130 Å². The molecular weight excluding hydrogens is 284 g/mol. The Morgan fingerprint density at radius 1 is 1.24 bits per heavy atom. The summed E-state index contributed by atoms with van der Waals surface area (Å²) >= 11 is 6.04. The Morgan fingerprint density at radius 3 is 2.76 bits per heavy atom. The van der Waals surface area contributed by atoms with Gasteiger partial charge >= 0.3 is 0 Å². The first kappa shape index (κ1) is 14.5. The van der Waals surface area contributed by atoms with Crippen LogP contribution in [0.25, 0.3) is 0 Å². The van der Waals surface area contributed by atoms with E-state index in [2.05, 4.69) is 38.4 Å². The highest BCUT2D eigenvalue weighted by Crippen LogP contribution is 2.21. The molecule has 0 atom stereocenters. The number of allylic oxidation sites excluding steroid dienone is 3. The molecule has 0 spiro atoms. The lowest BCUT2D eigenvalue weighted by molar-refractivity contribution is 0.233. The van der Waals surface area contributed by atoms with Gasteiger partial charge in [-0.1, -0.05) is 35.4 Å². The van der Waals surface area contributed by atoms with Crippen LogP contribution in [0, 0.1) is 0 Å². The van der Waals surface area contributed by atoms with E-state index in [4.69, 9.17) is 11.6 Å². The van der Waals surface area contributed by atoms with Crippen molar-refractivity contribution < 1.29 is 0 Å². The molecule has 1 aliphatic carbocycles. The van der Waals surface area contributed by atoms with Crippen LogP contribution in [0.15, 0.2) is 36.2 Å². The Kier molecular flexibility index (Phi) is 4.88. The van der Waals surface area contributed by atoms with Crippen LogP contribution in [0.1, 0.15) is 25.7 Å². The second-order valence-corrected chi connectivity index (χ2v) is 6.04. The Hall–Kier alpha value is -1.39. The molecule has 0 bridgehead atoms. The fourth-order valence-corrected chi connectivity index (χ4v) is 3.08. The van der Waals surface area contributed by atoms with Gasteiger partial charge in [-0.15, -0.1) is 0 Å². The summed E-state index contributed by atoms with van der Waals surface area (Å²) in [6.45, 7) is 3.36. The Morgan fingerprint density at radius 2 is 2.05 bits per heavy atom. The summed E-state index contributed by atoms with van der Waals surface area (Å²) in [4.78, 5) is 10.8. The molecule has 112 valence electrons. The highest BCUT2D eigenvalue weighted by atomic mass is 35.5. The number of halogens is 1. The molecule has 5 heteroatoms. The second-order valence-electron chi connectivity index (χ2n) is 5.68. The zero-order valence-electron chi connectivity index (χ0n) is 12.1. The first-order chi connectivity index (χ1) is 10.3. The number of likely N-dealkylation sites (tertiary alicyclic amines) is 1. The van der Waals surface area contributed by atoms with E-state index in [1.807, 2.05) is 0 Å². The minimum absolute atomic E-state index is 0.440. The molecule has 0 amide bonds. The highest BCUT2D eigenvalue weighted by Gasteiger charge is 2.20. The van der Waals surface area contributed by atoms with Crippen LogP contribution in [0.4, 0.5) is 5.82 Å². The maximum atomic E-state index is 6.04. The first-order valence-electron chi connectivity index (χ1n) is 7.61. The second kappa shape index (κ2) is 7.05. The predicted molar refractivity (Wildman–Crippen MR) is 86.6 cm³/mol. The first-order valence-corrected chi connectivity index (χ1v) is 7.99. The van der Waals surface area contributed by atoms with E-state index in [9.17, 15) is 0 Å². The summed E-state index contributed by atoms with van der Waals surface area (Å²) in [5.41, 5.74) is 1.56. The van der Waals surface area contributed by atoms with Crippen LogP contribution < -0.4 is 5.32 Å². The number of nitrogens with zero attached hydrogens (tertiary/aromatic N) is 3. The Bertz CT molecular complexity index is 533. The van der Waals surface area contributed by atoms with Crippen molar-refractivity contribution in [1.29, 1.82) is 0 Å². The van der Waals surface area contributed by atoms with Crippen LogP contribution in [0.5, 0.6) is 0 Å². The van der Waals surface area contributed by atoms with Gasteiger partial charge in [0.25, 0.3) is 0 Å². The molecule has 3 rings (SSSR count). The summed E-state index contributed by atoms with van der Waals surface area (Å²) in [7, 11) is 0. The normalized spacial score (nSPS) is 20.3. The molecule has 1 N–H and O–H groups in total. The third-order valence-electron chi connectivity index (χ3n) is 4.11. The van der Waals surface area contributed by atoms with Crippen molar-refractivity contribution in [2.75, 3.05) is 25.0 Å². The van der Waals surface area contributed by atoms with E-state index in [0.717, 1.165) is 32.5 Å². The number of hydrogen-bond donors (Lipinski definition) is 1. The van der Waals surface area contributed by atoms with Gasteiger partial charge < -0.3 is 5.32 Å². The molecule has 2 aliphatic rings. The van der Waals surface area contributed by atoms with Crippen molar-refractivity contribution in [2.24, 2.45) is 0 Å². The lowest BCUT2D eigenvalue weighted by atomic mass is 10.0. The van der Waals surface area contributed by atoms with Gasteiger partial charge in [-0.05, 0) is 25.7 Å². The molecule has 1 aliphatic heterocycles. The van der Waals surface area contributed by atoms with Crippen LogP contribution in [-0.2, 0) is 0 Å². The van der Waals surface area contributed by atoms with Crippen molar-refractivity contribution in [3.05, 3.63) is 41.3 Å². The molecule has 0 radical (unpaired) electrons. The average molecular weight is 305 g/mol. The van der Waals surface area contributed by atoms with Crippen LogP contribution >= 0.6 is 11.6 Å². The zero-order valence-corrected chi connectivity index (χ0v) is 12.9. The standard InChI is InChI=1S/C16H21ClN4/c17-15-16(19-9-8-18-15)20-14-6-10-21(11-7-14)12-13-4-2-1-3-5-13/h1-2,4,8-9,14H,3,5-7,10-12H2,(H,19,20). The number of aromatic nitrogens is 2. The van der Waals surface area contributed by atoms with E-state index in [1.165, 1.54) is 12.8 Å². The summed E-state index contributed by atoms with van der Waals surface area (Å²) in [5.74, 6) is 0.706. The highest BCUT2D eigenvalue weighted by molar-refractivity contribution is 6.31. The van der Waals surface area contributed by atoms with E-state index in [0.29, 0.717) is 17.0 Å². The SMILES string of the molecule is Clc1nccnc1NC1CCN(CC2=CC=CCC2)CC1. The quantitative estimate of drug-likeness (QED) is 0.927. The minimum atomic E-state index is 0.440. The van der Waals surface area contributed by atoms with E-state index < -0.39 is 0 Å². The van der Waals surface area contributed by atoms with Gasteiger partial charge in [0.1, 0.15) is 0 Å². The third-order valence-corrected chi connectivity index (χ3v) is 4.39. The smallest absolute Gasteiger partial charge is 0.171 e. The van der Waals surface area contributed by atoms with Gasteiger partial charge in [0.05, 0.1) is 0 Å². The minimum Gasteiger partial charge on any atom is -0.365 e. The summed E-state index contributed by atoms with van der Waals surface area (Å²) in [5, 5.41) is 3.87. The molecule has 0 unspecified atom stereocenters.